The molecule has 0 radical (unpaired) electrons. The van der Waals surface area contributed by atoms with E-state index in [1.807, 2.05) is 91.0 Å². The number of para-hydroxylation sites is 2. The predicted molar refractivity (Wildman–Crippen MR) is 188 cm³/mol. The van der Waals surface area contributed by atoms with Crippen molar-refractivity contribution in [2.45, 2.75) is 9.79 Å². The van der Waals surface area contributed by atoms with Crippen LogP contribution in [0.3, 0.4) is 0 Å². The highest BCUT2D eigenvalue weighted by atomic mass is 32.2. The molecule has 0 saturated heterocycles. The molecule has 222 valence electrons. The maximum absolute atomic E-state index is 6.40. The van der Waals surface area contributed by atoms with Crippen LogP contribution in [0.2, 0.25) is 0 Å². The van der Waals surface area contributed by atoms with Crippen molar-refractivity contribution < 1.29 is 4.42 Å². The van der Waals surface area contributed by atoms with Gasteiger partial charge < -0.3 is 9.32 Å². The molecule has 0 unspecified atom stereocenters. The van der Waals surface area contributed by atoms with E-state index in [4.69, 9.17) is 24.4 Å². The summed E-state index contributed by atoms with van der Waals surface area (Å²) in [6.07, 6.45) is 0. The zero-order valence-electron chi connectivity index (χ0n) is 25.0. The Labute approximate surface area is 275 Å². The normalized spacial score (nSPS) is 12.1. The molecular weight excluding hydrogens is 599 g/mol. The van der Waals surface area contributed by atoms with Crippen LogP contribution in [-0.2, 0) is 0 Å². The van der Waals surface area contributed by atoms with Crippen molar-refractivity contribution in [2.75, 3.05) is 4.90 Å². The van der Waals surface area contributed by atoms with Crippen LogP contribution in [0, 0.1) is 0 Å². The Morgan fingerprint density at radius 1 is 0.447 bits per heavy atom. The van der Waals surface area contributed by atoms with Gasteiger partial charge in [0.15, 0.2) is 23.1 Å². The van der Waals surface area contributed by atoms with E-state index in [0.29, 0.717) is 23.4 Å². The second kappa shape index (κ2) is 11.4. The minimum absolute atomic E-state index is 0.563. The van der Waals surface area contributed by atoms with Gasteiger partial charge in [-0.3, -0.25) is 0 Å². The number of hydrogen-bond donors (Lipinski definition) is 0. The fourth-order valence-electron chi connectivity index (χ4n) is 5.86. The molecule has 0 fully saturated rings. The van der Waals surface area contributed by atoms with E-state index in [0.717, 1.165) is 55.3 Å². The van der Waals surface area contributed by atoms with Crippen molar-refractivity contribution in [2.24, 2.45) is 0 Å². The van der Waals surface area contributed by atoms with Crippen molar-refractivity contribution in [3.63, 3.8) is 0 Å². The van der Waals surface area contributed by atoms with Gasteiger partial charge in [-0.25, -0.2) is 19.9 Å². The Bertz CT molecular complexity index is 2320. The lowest BCUT2D eigenvalue weighted by atomic mass is 10.1. The van der Waals surface area contributed by atoms with Gasteiger partial charge in [-0.2, -0.15) is 0 Å². The largest absolute Gasteiger partial charge is 0.436 e. The van der Waals surface area contributed by atoms with E-state index in [9.17, 15) is 0 Å². The second-order valence-electron chi connectivity index (χ2n) is 11.2. The number of nitrogens with zero attached hydrogens (tertiary/aromatic N) is 5. The summed E-state index contributed by atoms with van der Waals surface area (Å²) in [4.78, 5) is 24.1. The molecule has 7 heteroatoms. The summed E-state index contributed by atoms with van der Waals surface area (Å²) in [5.74, 6) is 2.43. The van der Waals surface area contributed by atoms with Gasteiger partial charge in [0.05, 0.1) is 11.4 Å². The van der Waals surface area contributed by atoms with E-state index in [1.54, 1.807) is 11.8 Å². The SMILES string of the molecule is c1ccc(-c2nc(-c3ccccc3)nc(-c3ccc(-c4nc5cc6c(cc5o4)N(c4ccccc4)c4ccccc4S6)cc3)n2)cc1. The lowest BCUT2D eigenvalue weighted by Gasteiger charge is -2.32. The van der Waals surface area contributed by atoms with Crippen LogP contribution in [0.4, 0.5) is 17.1 Å². The number of rotatable bonds is 5. The lowest BCUT2D eigenvalue weighted by Crippen LogP contribution is -2.14. The first-order valence-corrected chi connectivity index (χ1v) is 16.1. The van der Waals surface area contributed by atoms with Crippen molar-refractivity contribution in [1.82, 2.24) is 19.9 Å². The summed E-state index contributed by atoms with van der Waals surface area (Å²) in [5, 5.41) is 0. The third kappa shape index (κ3) is 5.03. The summed E-state index contributed by atoms with van der Waals surface area (Å²) in [5.41, 5.74) is 8.50. The summed E-state index contributed by atoms with van der Waals surface area (Å²) >= 11 is 1.76. The van der Waals surface area contributed by atoms with Gasteiger partial charge in [0, 0.05) is 43.8 Å². The molecule has 8 aromatic rings. The van der Waals surface area contributed by atoms with Gasteiger partial charge in [0.25, 0.3) is 0 Å². The van der Waals surface area contributed by atoms with E-state index >= 15 is 0 Å². The molecule has 0 N–H and O–H groups in total. The maximum Gasteiger partial charge on any atom is 0.227 e. The molecule has 6 nitrogen and oxygen atoms in total. The predicted octanol–water partition coefficient (Wildman–Crippen LogP) is 10.6. The monoisotopic (exact) mass is 623 g/mol. The standard InChI is InChI=1S/C40H25N5OS/c1-4-12-26(13-5-1)37-42-38(27-14-6-2-7-15-27)44-39(43-37)28-20-22-29(23-21-28)40-41-31-24-36-33(25-34(31)46-40)45(30-16-8-3-9-17-30)32-18-10-11-19-35(32)47-36/h1-25H. The number of benzene rings is 6. The number of fused-ring (bicyclic) bond motifs is 3. The van der Waals surface area contributed by atoms with Crippen LogP contribution < -0.4 is 4.90 Å². The number of aromatic nitrogens is 4. The zero-order valence-corrected chi connectivity index (χ0v) is 25.8. The molecule has 6 aromatic carbocycles. The highest BCUT2D eigenvalue weighted by Gasteiger charge is 2.26. The molecule has 0 bridgehead atoms. The molecule has 1 aliphatic rings. The Morgan fingerprint density at radius 3 is 1.62 bits per heavy atom. The Balaban J connectivity index is 1.09. The molecule has 0 atom stereocenters. The van der Waals surface area contributed by atoms with Gasteiger partial charge in [-0.1, -0.05) is 115 Å². The van der Waals surface area contributed by atoms with Crippen LogP contribution in [0.25, 0.3) is 56.7 Å². The summed E-state index contributed by atoms with van der Waals surface area (Å²) in [6.45, 7) is 0. The highest BCUT2D eigenvalue weighted by Crippen LogP contribution is 2.52. The highest BCUT2D eigenvalue weighted by molar-refractivity contribution is 7.99. The molecule has 3 heterocycles. The first-order valence-electron chi connectivity index (χ1n) is 15.3. The van der Waals surface area contributed by atoms with Crippen molar-refractivity contribution in [3.05, 3.63) is 152 Å². The van der Waals surface area contributed by atoms with E-state index in [-0.39, 0.29) is 0 Å². The number of oxazole rings is 1. The molecular formula is C40H25N5OS. The molecule has 2 aromatic heterocycles. The molecule has 1 aliphatic heterocycles. The quantitative estimate of drug-likeness (QED) is 0.189. The van der Waals surface area contributed by atoms with E-state index in [1.165, 1.54) is 4.90 Å². The molecule has 0 aliphatic carbocycles. The molecule has 0 amide bonds. The molecule has 0 spiro atoms. The second-order valence-corrected chi connectivity index (χ2v) is 12.2. The van der Waals surface area contributed by atoms with Crippen LogP contribution in [-0.4, -0.2) is 19.9 Å². The van der Waals surface area contributed by atoms with Gasteiger partial charge >= 0.3 is 0 Å². The first kappa shape index (κ1) is 27.3. The number of hydrogen-bond acceptors (Lipinski definition) is 7. The molecule has 9 rings (SSSR count). The summed E-state index contributed by atoms with van der Waals surface area (Å²) in [6, 6.07) is 51.2. The van der Waals surface area contributed by atoms with Crippen LogP contribution >= 0.6 is 11.8 Å². The average molecular weight is 624 g/mol. The van der Waals surface area contributed by atoms with Gasteiger partial charge in [0.2, 0.25) is 5.89 Å². The van der Waals surface area contributed by atoms with Crippen LogP contribution in [0.1, 0.15) is 0 Å². The topological polar surface area (TPSA) is 67.9 Å². The fourth-order valence-corrected chi connectivity index (χ4v) is 6.93. The Hall–Kier alpha value is -6.05. The average Bonchev–Trinajstić information content (AvgIpc) is 3.57. The van der Waals surface area contributed by atoms with Crippen molar-refractivity contribution >= 4 is 39.9 Å². The Morgan fingerprint density at radius 2 is 0.979 bits per heavy atom. The Kier molecular flexibility index (Phi) is 6.61. The molecule has 47 heavy (non-hydrogen) atoms. The van der Waals surface area contributed by atoms with Crippen LogP contribution in [0.15, 0.2) is 166 Å². The van der Waals surface area contributed by atoms with E-state index in [2.05, 4.69) is 65.6 Å². The number of anilines is 3. The van der Waals surface area contributed by atoms with Gasteiger partial charge in [-0.05, 0) is 42.5 Å². The van der Waals surface area contributed by atoms with Crippen molar-refractivity contribution in [3.8, 4) is 45.6 Å². The third-order valence-corrected chi connectivity index (χ3v) is 9.25. The van der Waals surface area contributed by atoms with Gasteiger partial charge in [-0.15, -0.1) is 0 Å². The van der Waals surface area contributed by atoms with Crippen molar-refractivity contribution in [1.29, 1.82) is 0 Å². The minimum atomic E-state index is 0.563. The lowest BCUT2D eigenvalue weighted by molar-refractivity contribution is 0.620. The molecule has 0 saturated carbocycles. The third-order valence-electron chi connectivity index (χ3n) is 8.14. The summed E-state index contributed by atoms with van der Waals surface area (Å²) < 4.78 is 6.40. The van der Waals surface area contributed by atoms with Gasteiger partial charge in [0.1, 0.15) is 5.52 Å². The fraction of sp³-hybridized carbons (Fsp3) is 0. The zero-order chi connectivity index (χ0) is 31.2. The van der Waals surface area contributed by atoms with Crippen LogP contribution in [0.5, 0.6) is 0 Å². The first-order chi connectivity index (χ1) is 23.3. The smallest absolute Gasteiger partial charge is 0.227 e. The maximum atomic E-state index is 6.40. The summed E-state index contributed by atoms with van der Waals surface area (Å²) in [7, 11) is 0. The van der Waals surface area contributed by atoms with E-state index < -0.39 is 0 Å². The minimum Gasteiger partial charge on any atom is -0.436 e.